The average Bonchev–Trinajstić information content (AvgIpc) is 2.98. The predicted octanol–water partition coefficient (Wildman–Crippen LogP) is 7.79. The molecule has 0 aliphatic heterocycles. The number of rotatable bonds is 9. The normalized spacial score (nSPS) is 11.1. The molecule has 0 unspecified atom stereocenters. The quantitative estimate of drug-likeness (QED) is 0.215. The molecule has 6 rings (SSSR count). The van der Waals surface area contributed by atoms with Crippen molar-refractivity contribution in [2.75, 3.05) is 10.6 Å². The van der Waals surface area contributed by atoms with Gasteiger partial charge in [0.1, 0.15) is 5.82 Å². The van der Waals surface area contributed by atoms with Gasteiger partial charge in [-0.2, -0.15) is 4.98 Å². The van der Waals surface area contributed by atoms with Gasteiger partial charge in [0.05, 0.1) is 0 Å². The lowest BCUT2D eigenvalue weighted by Crippen LogP contribution is -2.10. The first-order valence-corrected chi connectivity index (χ1v) is 13.1. The highest BCUT2D eigenvalue weighted by atomic mass is 15.1. The van der Waals surface area contributed by atoms with Crippen LogP contribution in [0.5, 0.6) is 0 Å². The van der Waals surface area contributed by atoms with Crippen LogP contribution in [0.3, 0.4) is 0 Å². The molecule has 0 spiro atoms. The van der Waals surface area contributed by atoms with Gasteiger partial charge in [0.2, 0.25) is 5.95 Å². The van der Waals surface area contributed by atoms with Gasteiger partial charge in [-0.15, -0.1) is 0 Å². The molecular formula is C34H30N4. The predicted molar refractivity (Wildman–Crippen MR) is 158 cm³/mol. The van der Waals surface area contributed by atoms with Crippen molar-refractivity contribution in [2.45, 2.75) is 25.9 Å². The SMILES string of the molecule is c1ccc(CCc2cc(NCc3cccc4ccccc34)nc(NCc3cccc4ccccc34)n2)cc1. The van der Waals surface area contributed by atoms with Crippen molar-refractivity contribution in [3.8, 4) is 0 Å². The third-order valence-electron chi connectivity index (χ3n) is 6.95. The van der Waals surface area contributed by atoms with E-state index >= 15 is 0 Å². The first-order valence-electron chi connectivity index (χ1n) is 13.1. The molecule has 0 aliphatic carbocycles. The number of aryl methyl sites for hydroxylation is 2. The maximum absolute atomic E-state index is 4.89. The van der Waals surface area contributed by atoms with Crippen LogP contribution in [0.25, 0.3) is 21.5 Å². The molecule has 186 valence electrons. The Kier molecular flexibility index (Phi) is 6.94. The number of nitrogens with one attached hydrogen (secondary N) is 2. The van der Waals surface area contributed by atoms with Crippen molar-refractivity contribution in [1.29, 1.82) is 0 Å². The Bertz CT molecular complexity index is 1570. The van der Waals surface area contributed by atoms with E-state index < -0.39 is 0 Å². The van der Waals surface area contributed by atoms with E-state index in [1.165, 1.54) is 38.2 Å². The molecule has 0 radical (unpaired) electrons. The van der Waals surface area contributed by atoms with Crippen LogP contribution in [-0.2, 0) is 25.9 Å². The third kappa shape index (κ3) is 5.50. The summed E-state index contributed by atoms with van der Waals surface area (Å²) in [5.41, 5.74) is 4.80. The standard InChI is InChI=1S/C34H30N4/c1-2-10-25(11-3-1)20-21-30-22-33(35-23-28-16-8-14-26-12-4-6-18-31(26)28)38-34(37-30)36-24-29-17-9-15-27-13-5-7-19-32(27)29/h1-19,22H,20-21,23-24H2,(H2,35,36,37,38). The van der Waals surface area contributed by atoms with Crippen LogP contribution in [0.1, 0.15) is 22.4 Å². The van der Waals surface area contributed by atoms with Crippen LogP contribution in [-0.4, -0.2) is 9.97 Å². The summed E-state index contributed by atoms with van der Waals surface area (Å²) in [7, 11) is 0. The van der Waals surface area contributed by atoms with Crippen LogP contribution < -0.4 is 10.6 Å². The summed E-state index contributed by atoms with van der Waals surface area (Å²) in [6.45, 7) is 1.35. The second kappa shape index (κ2) is 11.1. The maximum Gasteiger partial charge on any atom is 0.225 e. The smallest absolute Gasteiger partial charge is 0.225 e. The molecule has 6 aromatic rings. The van der Waals surface area contributed by atoms with Crippen molar-refractivity contribution < 1.29 is 0 Å². The Hall–Kier alpha value is -4.70. The molecule has 0 amide bonds. The molecule has 4 heteroatoms. The zero-order chi connectivity index (χ0) is 25.6. The lowest BCUT2D eigenvalue weighted by molar-refractivity contribution is 0.895. The molecule has 2 N–H and O–H groups in total. The van der Waals surface area contributed by atoms with Gasteiger partial charge in [-0.3, -0.25) is 0 Å². The summed E-state index contributed by atoms with van der Waals surface area (Å²) in [5, 5.41) is 12.1. The fourth-order valence-electron chi connectivity index (χ4n) is 4.97. The van der Waals surface area contributed by atoms with E-state index in [0.717, 1.165) is 24.4 Å². The second-order valence-corrected chi connectivity index (χ2v) is 9.54. The van der Waals surface area contributed by atoms with Crippen molar-refractivity contribution in [3.63, 3.8) is 0 Å². The zero-order valence-electron chi connectivity index (χ0n) is 21.3. The number of nitrogens with zero attached hydrogens (tertiary/aromatic N) is 2. The Morgan fingerprint density at radius 3 is 1.76 bits per heavy atom. The minimum atomic E-state index is 0.643. The van der Waals surface area contributed by atoms with Crippen LogP contribution in [0.2, 0.25) is 0 Å². The molecule has 1 heterocycles. The highest BCUT2D eigenvalue weighted by Gasteiger charge is 2.08. The summed E-state index contributed by atoms with van der Waals surface area (Å²) in [5.74, 6) is 1.47. The third-order valence-corrected chi connectivity index (χ3v) is 6.95. The van der Waals surface area contributed by atoms with Gasteiger partial charge in [-0.1, -0.05) is 115 Å². The lowest BCUT2D eigenvalue weighted by Gasteiger charge is -2.13. The minimum absolute atomic E-state index is 0.643. The lowest BCUT2D eigenvalue weighted by atomic mass is 10.0. The summed E-state index contributed by atoms with van der Waals surface area (Å²) >= 11 is 0. The molecule has 0 saturated carbocycles. The fraction of sp³-hybridized carbons (Fsp3) is 0.118. The van der Waals surface area contributed by atoms with Gasteiger partial charge < -0.3 is 10.6 Å². The van der Waals surface area contributed by atoms with Crippen molar-refractivity contribution >= 4 is 33.3 Å². The molecule has 0 bridgehead atoms. The molecule has 0 saturated heterocycles. The van der Waals surface area contributed by atoms with Gasteiger partial charge in [-0.25, -0.2) is 4.98 Å². The van der Waals surface area contributed by atoms with Crippen molar-refractivity contribution in [1.82, 2.24) is 9.97 Å². The molecule has 5 aromatic carbocycles. The number of hydrogen-bond donors (Lipinski definition) is 2. The first kappa shape index (κ1) is 23.7. The number of anilines is 2. The topological polar surface area (TPSA) is 49.8 Å². The summed E-state index contributed by atoms with van der Waals surface area (Å²) < 4.78 is 0. The van der Waals surface area contributed by atoms with E-state index in [1.54, 1.807) is 0 Å². The molecule has 0 fully saturated rings. The van der Waals surface area contributed by atoms with Crippen molar-refractivity contribution in [2.24, 2.45) is 0 Å². The van der Waals surface area contributed by atoms with Gasteiger partial charge >= 0.3 is 0 Å². The van der Waals surface area contributed by atoms with Crippen LogP contribution in [0.4, 0.5) is 11.8 Å². The average molecular weight is 495 g/mol. The summed E-state index contributed by atoms with van der Waals surface area (Å²) in [6, 6.07) is 42.5. The summed E-state index contributed by atoms with van der Waals surface area (Å²) in [6.07, 6.45) is 1.78. The van der Waals surface area contributed by atoms with Crippen molar-refractivity contribution in [3.05, 3.63) is 144 Å². The van der Waals surface area contributed by atoms with E-state index in [0.29, 0.717) is 19.0 Å². The van der Waals surface area contributed by atoms with E-state index in [-0.39, 0.29) is 0 Å². The molecule has 1 aromatic heterocycles. The molecule has 0 atom stereocenters. The van der Waals surface area contributed by atoms with E-state index in [2.05, 4.69) is 132 Å². The van der Waals surface area contributed by atoms with Gasteiger partial charge in [-0.05, 0) is 51.1 Å². The van der Waals surface area contributed by atoms with E-state index in [4.69, 9.17) is 9.97 Å². The van der Waals surface area contributed by atoms with Crippen LogP contribution in [0, 0.1) is 0 Å². The minimum Gasteiger partial charge on any atom is -0.366 e. The number of hydrogen-bond acceptors (Lipinski definition) is 4. The van der Waals surface area contributed by atoms with E-state index in [9.17, 15) is 0 Å². The largest absolute Gasteiger partial charge is 0.366 e. The monoisotopic (exact) mass is 494 g/mol. The van der Waals surface area contributed by atoms with Gasteiger partial charge in [0.25, 0.3) is 0 Å². The fourth-order valence-corrected chi connectivity index (χ4v) is 4.97. The molecule has 0 aliphatic rings. The Morgan fingerprint density at radius 1 is 0.500 bits per heavy atom. The number of fused-ring (bicyclic) bond motifs is 2. The van der Waals surface area contributed by atoms with E-state index in [1.807, 2.05) is 0 Å². The maximum atomic E-state index is 4.89. The molecular weight excluding hydrogens is 464 g/mol. The number of benzene rings is 5. The zero-order valence-corrected chi connectivity index (χ0v) is 21.3. The Morgan fingerprint density at radius 2 is 1.08 bits per heavy atom. The van der Waals surface area contributed by atoms with Crippen LogP contribution >= 0.6 is 0 Å². The van der Waals surface area contributed by atoms with Gasteiger partial charge in [0.15, 0.2) is 0 Å². The highest BCUT2D eigenvalue weighted by Crippen LogP contribution is 2.22. The van der Waals surface area contributed by atoms with Gasteiger partial charge in [0, 0.05) is 24.8 Å². The summed E-state index contributed by atoms with van der Waals surface area (Å²) in [4.78, 5) is 9.73. The Labute approximate surface area is 223 Å². The highest BCUT2D eigenvalue weighted by molar-refractivity contribution is 5.86. The second-order valence-electron chi connectivity index (χ2n) is 9.54. The van der Waals surface area contributed by atoms with Crippen LogP contribution in [0.15, 0.2) is 121 Å². The first-order chi connectivity index (χ1) is 18.8. The number of aromatic nitrogens is 2. The Balaban J connectivity index is 1.25. The molecule has 4 nitrogen and oxygen atoms in total. The molecule has 38 heavy (non-hydrogen) atoms.